The molecule has 0 unspecified atom stereocenters. The monoisotopic (exact) mass is 340 g/mol. The van der Waals surface area contributed by atoms with Crippen LogP contribution in [0.25, 0.3) is 0 Å². The van der Waals surface area contributed by atoms with Gasteiger partial charge in [-0.2, -0.15) is 0 Å². The van der Waals surface area contributed by atoms with Gasteiger partial charge in [-0.25, -0.2) is 0 Å². The van der Waals surface area contributed by atoms with E-state index in [2.05, 4.69) is 33.5 Å². The van der Waals surface area contributed by atoms with Gasteiger partial charge in [0.15, 0.2) is 0 Å². The number of halogens is 1. The topological polar surface area (TPSA) is 58.2 Å². The van der Waals surface area contributed by atoms with Gasteiger partial charge in [0.05, 0.1) is 0 Å². The number of anilines is 1. The average molecular weight is 341 g/mol. The quantitative estimate of drug-likeness (QED) is 0.589. The van der Waals surface area contributed by atoms with Gasteiger partial charge in [-0.15, -0.1) is 0 Å². The first-order valence-electron chi connectivity index (χ1n) is 6.98. The Morgan fingerprint density at radius 1 is 1.10 bits per heavy atom. The molecule has 2 N–H and O–H groups in total. The molecule has 1 aromatic carbocycles. The summed E-state index contributed by atoms with van der Waals surface area (Å²) < 4.78 is 0.853. The van der Waals surface area contributed by atoms with Crippen LogP contribution in [-0.2, 0) is 9.59 Å². The molecule has 2 amide bonds. The number of benzene rings is 1. The number of rotatable bonds is 7. The predicted molar refractivity (Wildman–Crippen MR) is 84.5 cm³/mol. The largest absolute Gasteiger partial charge is 0.348 e. The zero-order valence-corrected chi connectivity index (χ0v) is 13.3. The minimum absolute atomic E-state index is 0.550. The molecule has 0 spiro atoms. The van der Waals surface area contributed by atoms with Crippen molar-refractivity contribution in [2.75, 3.05) is 11.9 Å². The van der Waals surface area contributed by atoms with E-state index in [0.29, 0.717) is 12.2 Å². The van der Waals surface area contributed by atoms with Gasteiger partial charge in [0.1, 0.15) is 0 Å². The molecule has 4 nitrogen and oxygen atoms in total. The molecule has 0 aromatic heterocycles. The molecule has 0 saturated heterocycles. The molecule has 0 atom stereocenters. The highest BCUT2D eigenvalue weighted by molar-refractivity contribution is 9.10. The number of nitrogens with one attached hydrogen (secondary N) is 2. The van der Waals surface area contributed by atoms with E-state index in [0.717, 1.165) is 17.3 Å². The molecule has 0 fully saturated rings. The summed E-state index contributed by atoms with van der Waals surface area (Å²) in [7, 11) is 0. The minimum Gasteiger partial charge on any atom is -0.348 e. The van der Waals surface area contributed by atoms with Crippen molar-refractivity contribution in [2.24, 2.45) is 0 Å². The highest BCUT2D eigenvalue weighted by Gasteiger charge is 2.12. The van der Waals surface area contributed by atoms with Crippen molar-refractivity contribution in [2.45, 2.75) is 39.0 Å². The number of hydrogen-bond acceptors (Lipinski definition) is 2. The number of hydrogen-bond donors (Lipinski definition) is 2. The fourth-order valence-corrected chi connectivity index (χ4v) is 2.16. The summed E-state index contributed by atoms with van der Waals surface area (Å²) in [6.45, 7) is 2.71. The van der Waals surface area contributed by atoms with Crippen LogP contribution in [0.15, 0.2) is 28.7 Å². The first kappa shape index (κ1) is 16.7. The maximum absolute atomic E-state index is 11.7. The smallest absolute Gasteiger partial charge is 0.313 e. The molecule has 1 aromatic rings. The number of carbonyl (C=O) groups excluding carboxylic acids is 2. The van der Waals surface area contributed by atoms with Crippen LogP contribution in [0, 0.1) is 0 Å². The van der Waals surface area contributed by atoms with Gasteiger partial charge in [-0.1, -0.05) is 54.6 Å². The molecule has 110 valence electrons. The Kier molecular flexibility index (Phi) is 7.95. The SMILES string of the molecule is CCCCCCCNC(=O)C(=O)Nc1cccc(Br)c1. The predicted octanol–water partition coefficient (Wildman–Crippen LogP) is 3.47. The Bertz CT molecular complexity index is 449. The third-order valence-electron chi connectivity index (χ3n) is 2.85. The summed E-state index contributed by atoms with van der Waals surface area (Å²) in [5.41, 5.74) is 0.600. The number of amides is 2. The Hall–Kier alpha value is -1.36. The molecular formula is C15H21BrN2O2. The second-order valence-corrected chi connectivity index (χ2v) is 5.55. The van der Waals surface area contributed by atoms with Crippen molar-refractivity contribution in [3.8, 4) is 0 Å². The van der Waals surface area contributed by atoms with Gasteiger partial charge >= 0.3 is 11.8 Å². The molecule has 5 heteroatoms. The maximum atomic E-state index is 11.7. The summed E-state index contributed by atoms with van der Waals surface area (Å²) in [4.78, 5) is 23.2. The van der Waals surface area contributed by atoms with E-state index in [4.69, 9.17) is 0 Å². The van der Waals surface area contributed by atoms with Crippen molar-refractivity contribution in [1.82, 2.24) is 5.32 Å². The fourth-order valence-electron chi connectivity index (χ4n) is 1.76. The van der Waals surface area contributed by atoms with Gasteiger partial charge in [-0.3, -0.25) is 9.59 Å². The van der Waals surface area contributed by atoms with Crippen molar-refractivity contribution in [3.05, 3.63) is 28.7 Å². The molecule has 0 aliphatic carbocycles. The van der Waals surface area contributed by atoms with Crippen LogP contribution in [0.5, 0.6) is 0 Å². The molecule has 20 heavy (non-hydrogen) atoms. The average Bonchev–Trinajstić information content (AvgIpc) is 2.42. The van der Waals surface area contributed by atoms with E-state index < -0.39 is 11.8 Å². The fraction of sp³-hybridized carbons (Fsp3) is 0.467. The first-order chi connectivity index (χ1) is 9.63. The lowest BCUT2D eigenvalue weighted by Gasteiger charge is -2.06. The van der Waals surface area contributed by atoms with E-state index in [1.165, 1.54) is 19.3 Å². The Morgan fingerprint density at radius 3 is 2.55 bits per heavy atom. The molecule has 0 saturated carbocycles. The molecular weight excluding hydrogens is 320 g/mol. The summed E-state index contributed by atoms with van der Waals surface area (Å²) in [5.74, 6) is -1.21. The van der Waals surface area contributed by atoms with Gasteiger partial charge in [0.25, 0.3) is 0 Å². The molecule has 0 heterocycles. The Morgan fingerprint density at radius 2 is 1.85 bits per heavy atom. The summed E-state index contributed by atoms with van der Waals surface area (Å²) >= 11 is 3.31. The lowest BCUT2D eigenvalue weighted by molar-refractivity contribution is -0.136. The van der Waals surface area contributed by atoms with Gasteiger partial charge < -0.3 is 10.6 Å². The molecule has 0 aliphatic heterocycles. The standard InChI is InChI=1S/C15H21BrN2O2/c1-2-3-4-5-6-10-17-14(19)15(20)18-13-9-7-8-12(16)11-13/h7-9,11H,2-6,10H2,1H3,(H,17,19)(H,18,20). The van der Waals surface area contributed by atoms with Crippen molar-refractivity contribution in [1.29, 1.82) is 0 Å². The summed E-state index contributed by atoms with van der Waals surface area (Å²) in [6.07, 6.45) is 5.59. The maximum Gasteiger partial charge on any atom is 0.313 e. The van der Waals surface area contributed by atoms with Gasteiger partial charge in [-0.05, 0) is 24.6 Å². The van der Waals surface area contributed by atoms with Crippen LogP contribution in [0.4, 0.5) is 5.69 Å². The van der Waals surface area contributed by atoms with E-state index in [-0.39, 0.29) is 0 Å². The molecule has 0 radical (unpaired) electrons. The van der Waals surface area contributed by atoms with Gasteiger partial charge in [0, 0.05) is 16.7 Å². The normalized spacial score (nSPS) is 10.1. The van der Waals surface area contributed by atoms with E-state index >= 15 is 0 Å². The molecule has 1 rings (SSSR count). The zero-order chi connectivity index (χ0) is 14.8. The minimum atomic E-state index is -0.628. The zero-order valence-electron chi connectivity index (χ0n) is 11.7. The second-order valence-electron chi connectivity index (χ2n) is 4.63. The first-order valence-corrected chi connectivity index (χ1v) is 7.77. The second kappa shape index (κ2) is 9.53. The summed E-state index contributed by atoms with van der Waals surface area (Å²) in [6, 6.07) is 7.13. The van der Waals surface area contributed by atoms with E-state index in [9.17, 15) is 9.59 Å². The van der Waals surface area contributed by atoms with Crippen molar-refractivity contribution < 1.29 is 9.59 Å². The van der Waals surface area contributed by atoms with Gasteiger partial charge in [0.2, 0.25) is 0 Å². The Balaban J connectivity index is 2.24. The van der Waals surface area contributed by atoms with E-state index in [1.54, 1.807) is 18.2 Å². The third-order valence-corrected chi connectivity index (χ3v) is 3.35. The van der Waals surface area contributed by atoms with Crippen LogP contribution in [0.1, 0.15) is 39.0 Å². The van der Waals surface area contributed by atoms with Crippen LogP contribution < -0.4 is 10.6 Å². The third kappa shape index (κ3) is 6.70. The lowest BCUT2D eigenvalue weighted by Crippen LogP contribution is -2.35. The Labute approximate surface area is 128 Å². The van der Waals surface area contributed by atoms with Crippen LogP contribution in [0.2, 0.25) is 0 Å². The number of carbonyl (C=O) groups is 2. The highest BCUT2D eigenvalue weighted by Crippen LogP contribution is 2.15. The molecule has 0 bridgehead atoms. The van der Waals surface area contributed by atoms with Crippen molar-refractivity contribution >= 4 is 33.4 Å². The number of unbranched alkanes of at least 4 members (excludes halogenated alkanes) is 4. The van der Waals surface area contributed by atoms with E-state index in [1.807, 2.05) is 6.07 Å². The van der Waals surface area contributed by atoms with Crippen molar-refractivity contribution in [3.63, 3.8) is 0 Å². The summed E-state index contributed by atoms with van der Waals surface area (Å²) in [5, 5.41) is 5.19. The van der Waals surface area contributed by atoms with Crippen LogP contribution in [0.3, 0.4) is 0 Å². The molecule has 0 aliphatic rings. The lowest BCUT2D eigenvalue weighted by atomic mass is 10.1. The van der Waals surface area contributed by atoms with Crippen LogP contribution in [-0.4, -0.2) is 18.4 Å². The van der Waals surface area contributed by atoms with Crippen LogP contribution >= 0.6 is 15.9 Å². The highest BCUT2D eigenvalue weighted by atomic mass is 79.9.